The molecule has 0 aromatic heterocycles. The Labute approximate surface area is 94.5 Å². The average Bonchev–Trinajstić information content (AvgIpc) is 2.21. The Morgan fingerprint density at radius 3 is 2.33 bits per heavy atom. The van der Waals surface area contributed by atoms with E-state index in [0.717, 1.165) is 19.1 Å². The number of nitrogens with two attached hydrogens (primary N) is 1. The van der Waals surface area contributed by atoms with E-state index < -0.39 is 0 Å². The summed E-state index contributed by atoms with van der Waals surface area (Å²) >= 11 is 0. The van der Waals surface area contributed by atoms with Crippen LogP contribution in [0.1, 0.15) is 46.5 Å². The second-order valence-corrected chi connectivity index (χ2v) is 4.94. The highest BCUT2D eigenvalue weighted by Gasteiger charge is 2.22. The maximum atomic E-state index is 5.93. The first-order chi connectivity index (χ1) is 7.13. The first-order valence-corrected chi connectivity index (χ1v) is 6.26. The van der Waals surface area contributed by atoms with Crippen LogP contribution in [0.5, 0.6) is 0 Å². The molecule has 0 spiro atoms. The van der Waals surface area contributed by atoms with Crippen LogP contribution in [-0.2, 0) is 0 Å². The maximum absolute atomic E-state index is 5.93. The fourth-order valence-electron chi connectivity index (χ4n) is 2.30. The van der Waals surface area contributed by atoms with E-state index in [4.69, 9.17) is 5.73 Å². The van der Waals surface area contributed by atoms with Crippen molar-refractivity contribution in [1.29, 1.82) is 0 Å². The molecular weight excluding hydrogens is 184 g/mol. The molecule has 2 N–H and O–H groups in total. The fraction of sp³-hybridized carbons (Fsp3) is 0.846. The lowest BCUT2D eigenvalue weighted by Crippen LogP contribution is -2.40. The molecule has 88 valence electrons. The first kappa shape index (κ1) is 12.7. The van der Waals surface area contributed by atoms with E-state index in [9.17, 15) is 0 Å². The molecule has 1 fully saturated rings. The van der Waals surface area contributed by atoms with Gasteiger partial charge < -0.3 is 5.73 Å². The van der Waals surface area contributed by atoms with Crippen LogP contribution in [0, 0.1) is 0 Å². The molecule has 0 aliphatic heterocycles. The summed E-state index contributed by atoms with van der Waals surface area (Å²) in [6, 6.07) is 1.23. The van der Waals surface area contributed by atoms with E-state index in [1.54, 1.807) is 0 Å². The van der Waals surface area contributed by atoms with E-state index in [1.165, 1.54) is 31.3 Å². The van der Waals surface area contributed by atoms with Crippen LogP contribution in [-0.4, -0.2) is 30.1 Å². The molecule has 0 aromatic rings. The van der Waals surface area contributed by atoms with Gasteiger partial charge in [0, 0.05) is 18.6 Å². The summed E-state index contributed by atoms with van der Waals surface area (Å²) in [5, 5.41) is 0. The Kier molecular flexibility index (Phi) is 5.34. The Hall–Kier alpha value is -0.340. The Bertz CT molecular complexity index is 199. The summed E-state index contributed by atoms with van der Waals surface area (Å²) in [6.07, 6.45) is 7.31. The quantitative estimate of drug-likeness (QED) is 0.723. The third-order valence-electron chi connectivity index (χ3n) is 3.40. The monoisotopic (exact) mass is 210 g/mol. The third kappa shape index (κ3) is 4.35. The van der Waals surface area contributed by atoms with Crippen LogP contribution in [0.25, 0.3) is 0 Å². The summed E-state index contributed by atoms with van der Waals surface area (Å²) in [5.41, 5.74) is 7.35. The molecule has 0 atom stereocenters. The van der Waals surface area contributed by atoms with Gasteiger partial charge in [-0.1, -0.05) is 18.6 Å². The second-order valence-electron chi connectivity index (χ2n) is 4.94. The van der Waals surface area contributed by atoms with E-state index >= 15 is 0 Å². The SMILES string of the molecule is CCN(CC=C(C)C)C1CCC(N)CC1. The van der Waals surface area contributed by atoms with Gasteiger partial charge in [0.2, 0.25) is 0 Å². The summed E-state index contributed by atoms with van der Waals surface area (Å²) in [6.45, 7) is 8.87. The zero-order chi connectivity index (χ0) is 11.3. The fourth-order valence-corrected chi connectivity index (χ4v) is 2.30. The molecule has 15 heavy (non-hydrogen) atoms. The number of rotatable bonds is 4. The highest BCUT2D eigenvalue weighted by atomic mass is 15.1. The molecule has 1 rings (SSSR count). The van der Waals surface area contributed by atoms with Gasteiger partial charge in [-0.05, 0) is 46.1 Å². The van der Waals surface area contributed by atoms with Crippen LogP contribution >= 0.6 is 0 Å². The summed E-state index contributed by atoms with van der Waals surface area (Å²) in [4.78, 5) is 2.58. The van der Waals surface area contributed by atoms with Gasteiger partial charge in [0.25, 0.3) is 0 Å². The Morgan fingerprint density at radius 1 is 1.27 bits per heavy atom. The molecule has 1 aliphatic carbocycles. The zero-order valence-corrected chi connectivity index (χ0v) is 10.5. The standard InChI is InChI=1S/C13H26N2/c1-4-15(10-9-11(2)3)13-7-5-12(14)6-8-13/h9,12-13H,4-8,10,14H2,1-3H3. The van der Waals surface area contributed by atoms with E-state index in [1.807, 2.05) is 0 Å². The second kappa shape index (κ2) is 6.29. The maximum Gasteiger partial charge on any atom is 0.0168 e. The molecule has 2 heteroatoms. The van der Waals surface area contributed by atoms with Crippen LogP contribution in [0.3, 0.4) is 0 Å². The summed E-state index contributed by atoms with van der Waals surface area (Å²) in [7, 11) is 0. The lowest BCUT2D eigenvalue weighted by molar-refractivity contribution is 0.172. The van der Waals surface area contributed by atoms with Crippen molar-refractivity contribution in [2.75, 3.05) is 13.1 Å². The van der Waals surface area contributed by atoms with Crippen LogP contribution in [0.2, 0.25) is 0 Å². The van der Waals surface area contributed by atoms with Crippen molar-refractivity contribution >= 4 is 0 Å². The number of nitrogens with zero attached hydrogens (tertiary/aromatic N) is 1. The predicted octanol–water partition coefficient (Wildman–Crippen LogP) is 2.54. The number of hydrogen-bond donors (Lipinski definition) is 1. The molecule has 0 bridgehead atoms. The molecule has 0 amide bonds. The van der Waals surface area contributed by atoms with Crippen molar-refractivity contribution < 1.29 is 0 Å². The van der Waals surface area contributed by atoms with Gasteiger partial charge in [0.05, 0.1) is 0 Å². The van der Waals surface area contributed by atoms with Crippen LogP contribution in [0.15, 0.2) is 11.6 Å². The average molecular weight is 210 g/mol. The van der Waals surface area contributed by atoms with Crippen molar-refractivity contribution in [3.05, 3.63) is 11.6 Å². The molecule has 0 saturated heterocycles. The van der Waals surface area contributed by atoms with Crippen molar-refractivity contribution in [3.8, 4) is 0 Å². The van der Waals surface area contributed by atoms with Crippen LogP contribution in [0.4, 0.5) is 0 Å². The smallest absolute Gasteiger partial charge is 0.0168 e. The van der Waals surface area contributed by atoms with E-state index in [2.05, 4.69) is 31.7 Å². The van der Waals surface area contributed by atoms with Gasteiger partial charge in [-0.25, -0.2) is 0 Å². The van der Waals surface area contributed by atoms with Gasteiger partial charge >= 0.3 is 0 Å². The molecule has 0 heterocycles. The van der Waals surface area contributed by atoms with Gasteiger partial charge in [0.1, 0.15) is 0 Å². The Balaban J connectivity index is 2.41. The van der Waals surface area contributed by atoms with E-state index in [0.29, 0.717) is 6.04 Å². The Morgan fingerprint density at radius 2 is 1.87 bits per heavy atom. The molecular formula is C13H26N2. The number of hydrogen-bond acceptors (Lipinski definition) is 2. The molecule has 0 radical (unpaired) electrons. The first-order valence-electron chi connectivity index (χ1n) is 6.26. The summed E-state index contributed by atoms with van der Waals surface area (Å²) < 4.78 is 0. The van der Waals surface area contributed by atoms with Gasteiger partial charge in [-0.3, -0.25) is 4.90 Å². The minimum atomic E-state index is 0.461. The predicted molar refractivity (Wildman–Crippen MR) is 66.9 cm³/mol. The lowest BCUT2D eigenvalue weighted by Gasteiger charge is -2.34. The molecule has 1 aliphatic rings. The van der Waals surface area contributed by atoms with Gasteiger partial charge in [-0.15, -0.1) is 0 Å². The van der Waals surface area contributed by atoms with Crippen LogP contribution < -0.4 is 5.73 Å². The lowest BCUT2D eigenvalue weighted by atomic mass is 9.90. The summed E-state index contributed by atoms with van der Waals surface area (Å²) in [5.74, 6) is 0. The highest BCUT2D eigenvalue weighted by molar-refractivity contribution is 4.96. The van der Waals surface area contributed by atoms with Gasteiger partial charge in [0.15, 0.2) is 0 Å². The number of allylic oxidation sites excluding steroid dienone is 1. The minimum Gasteiger partial charge on any atom is -0.328 e. The molecule has 0 aromatic carbocycles. The number of likely N-dealkylation sites (N-methyl/N-ethyl adjacent to an activating group) is 1. The van der Waals surface area contributed by atoms with Crippen molar-refractivity contribution in [2.45, 2.75) is 58.5 Å². The van der Waals surface area contributed by atoms with Crippen molar-refractivity contribution in [2.24, 2.45) is 5.73 Å². The molecule has 2 nitrogen and oxygen atoms in total. The minimum absolute atomic E-state index is 0.461. The largest absolute Gasteiger partial charge is 0.328 e. The zero-order valence-electron chi connectivity index (χ0n) is 10.5. The van der Waals surface area contributed by atoms with Crippen molar-refractivity contribution in [1.82, 2.24) is 4.90 Å². The van der Waals surface area contributed by atoms with Crippen molar-refractivity contribution in [3.63, 3.8) is 0 Å². The van der Waals surface area contributed by atoms with Gasteiger partial charge in [-0.2, -0.15) is 0 Å². The molecule has 0 unspecified atom stereocenters. The third-order valence-corrected chi connectivity index (χ3v) is 3.40. The topological polar surface area (TPSA) is 29.3 Å². The van der Waals surface area contributed by atoms with E-state index in [-0.39, 0.29) is 0 Å². The highest BCUT2D eigenvalue weighted by Crippen LogP contribution is 2.21. The normalized spacial score (nSPS) is 26.7. The molecule has 1 saturated carbocycles.